The maximum atomic E-state index is 5.12. The molecule has 92 valence electrons. The quantitative estimate of drug-likeness (QED) is 0.820. The molecule has 1 saturated heterocycles. The summed E-state index contributed by atoms with van der Waals surface area (Å²) in [4.78, 5) is 4.65. The highest BCUT2D eigenvalue weighted by Crippen LogP contribution is 2.32. The van der Waals surface area contributed by atoms with E-state index in [1.165, 1.54) is 25.0 Å². The van der Waals surface area contributed by atoms with Crippen molar-refractivity contribution < 1.29 is 4.74 Å². The Balaban J connectivity index is 1.79. The van der Waals surface area contributed by atoms with Gasteiger partial charge in [0.1, 0.15) is 0 Å². The lowest BCUT2D eigenvalue weighted by Crippen LogP contribution is -2.41. The van der Waals surface area contributed by atoms with Crippen LogP contribution >= 0.6 is 11.8 Å². The Labute approximate surface area is 102 Å². The molecule has 0 aromatic carbocycles. The number of nitrogens with one attached hydrogen (secondary N) is 1. The number of aliphatic imine (C=N–C) groups is 1. The van der Waals surface area contributed by atoms with Gasteiger partial charge in [-0.25, -0.2) is 0 Å². The number of ether oxygens (including phenoxy) is 1. The summed E-state index contributed by atoms with van der Waals surface area (Å²) in [6.07, 6.45) is 4.12. The predicted octanol–water partition coefficient (Wildman–Crippen LogP) is 2.13. The molecule has 0 spiro atoms. The first kappa shape index (κ1) is 12.2. The molecule has 1 saturated carbocycles. The van der Waals surface area contributed by atoms with E-state index < -0.39 is 0 Å². The van der Waals surface area contributed by atoms with Crippen LogP contribution in [0.3, 0.4) is 0 Å². The third-order valence-corrected chi connectivity index (χ3v) is 4.52. The number of rotatable bonds is 4. The van der Waals surface area contributed by atoms with Gasteiger partial charge in [0.15, 0.2) is 5.17 Å². The zero-order valence-electron chi connectivity index (χ0n) is 10.2. The maximum absolute atomic E-state index is 5.12. The van der Waals surface area contributed by atoms with Gasteiger partial charge < -0.3 is 10.1 Å². The highest BCUT2D eigenvalue weighted by atomic mass is 32.2. The van der Waals surface area contributed by atoms with E-state index in [0.717, 1.165) is 24.2 Å². The molecule has 16 heavy (non-hydrogen) atoms. The Bertz CT molecular complexity index is 257. The summed E-state index contributed by atoms with van der Waals surface area (Å²) < 4.78 is 5.12. The average Bonchev–Trinajstić information content (AvgIpc) is 2.74. The number of nitrogens with zero attached hydrogens (tertiary/aromatic N) is 1. The lowest BCUT2D eigenvalue weighted by Gasteiger charge is -2.28. The fourth-order valence-corrected chi connectivity index (χ4v) is 3.65. The van der Waals surface area contributed by atoms with E-state index in [1.54, 1.807) is 7.11 Å². The molecule has 3 nitrogen and oxygen atoms in total. The first-order chi connectivity index (χ1) is 7.79. The standard InChI is InChI=1S/C12H22N2OS/c1-9(7-15-2)6-13-12-14-11-5-3-4-10(11)8-16-12/h9-11H,3-8H2,1-2H3,(H,13,14). The largest absolute Gasteiger partial charge is 0.384 e. The zero-order chi connectivity index (χ0) is 11.4. The van der Waals surface area contributed by atoms with E-state index in [1.807, 2.05) is 11.8 Å². The van der Waals surface area contributed by atoms with Crippen molar-refractivity contribution in [3.63, 3.8) is 0 Å². The Morgan fingerprint density at radius 2 is 2.44 bits per heavy atom. The molecule has 0 aromatic rings. The molecule has 2 rings (SSSR count). The second-order valence-electron chi connectivity index (χ2n) is 4.96. The van der Waals surface area contributed by atoms with E-state index in [0.29, 0.717) is 12.0 Å². The molecular weight excluding hydrogens is 220 g/mol. The van der Waals surface area contributed by atoms with Crippen LogP contribution in [-0.4, -0.2) is 37.2 Å². The number of hydrogen-bond acceptors (Lipinski definition) is 3. The van der Waals surface area contributed by atoms with E-state index in [-0.39, 0.29) is 0 Å². The number of methoxy groups -OCH3 is 1. The molecule has 2 aliphatic rings. The van der Waals surface area contributed by atoms with Crippen molar-refractivity contribution in [3.05, 3.63) is 0 Å². The smallest absolute Gasteiger partial charge is 0.156 e. The fourth-order valence-electron chi connectivity index (χ4n) is 2.48. The molecule has 4 heteroatoms. The summed E-state index contributed by atoms with van der Waals surface area (Å²) in [7, 11) is 1.75. The van der Waals surface area contributed by atoms with Gasteiger partial charge in [-0.3, -0.25) is 4.99 Å². The third-order valence-electron chi connectivity index (χ3n) is 3.40. The van der Waals surface area contributed by atoms with Crippen LogP contribution in [0.25, 0.3) is 0 Å². The van der Waals surface area contributed by atoms with Gasteiger partial charge in [0, 0.05) is 25.4 Å². The monoisotopic (exact) mass is 242 g/mol. The van der Waals surface area contributed by atoms with Gasteiger partial charge >= 0.3 is 0 Å². The van der Waals surface area contributed by atoms with Gasteiger partial charge in [-0.1, -0.05) is 25.1 Å². The van der Waals surface area contributed by atoms with E-state index in [4.69, 9.17) is 4.74 Å². The number of thioether (sulfide) groups is 1. The van der Waals surface area contributed by atoms with Crippen molar-refractivity contribution in [1.29, 1.82) is 0 Å². The molecule has 0 bridgehead atoms. The van der Waals surface area contributed by atoms with Gasteiger partial charge in [0.2, 0.25) is 0 Å². The van der Waals surface area contributed by atoms with Gasteiger partial charge in [-0.15, -0.1) is 0 Å². The average molecular weight is 242 g/mol. The first-order valence-electron chi connectivity index (χ1n) is 6.22. The van der Waals surface area contributed by atoms with E-state index in [2.05, 4.69) is 17.2 Å². The van der Waals surface area contributed by atoms with Crippen LogP contribution in [0, 0.1) is 11.8 Å². The second-order valence-corrected chi connectivity index (χ2v) is 5.97. The van der Waals surface area contributed by atoms with Gasteiger partial charge in [0.25, 0.3) is 0 Å². The first-order valence-corrected chi connectivity index (χ1v) is 7.21. The van der Waals surface area contributed by atoms with Crippen LogP contribution < -0.4 is 5.32 Å². The van der Waals surface area contributed by atoms with Crippen LogP contribution in [0.4, 0.5) is 0 Å². The summed E-state index contributed by atoms with van der Waals surface area (Å²) in [5.74, 6) is 2.66. The third kappa shape index (κ3) is 3.14. The topological polar surface area (TPSA) is 33.6 Å². The summed E-state index contributed by atoms with van der Waals surface area (Å²) in [5.41, 5.74) is 0. The minimum Gasteiger partial charge on any atom is -0.384 e. The summed E-state index contributed by atoms with van der Waals surface area (Å²) in [5, 5.41) is 4.74. The lowest BCUT2D eigenvalue weighted by molar-refractivity contribution is 0.163. The highest BCUT2D eigenvalue weighted by Gasteiger charge is 2.31. The van der Waals surface area contributed by atoms with Crippen molar-refractivity contribution in [2.24, 2.45) is 16.8 Å². The highest BCUT2D eigenvalue weighted by molar-refractivity contribution is 8.13. The molecule has 0 amide bonds. The van der Waals surface area contributed by atoms with Crippen molar-refractivity contribution in [1.82, 2.24) is 5.32 Å². The van der Waals surface area contributed by atoms with Crippen LogP contribution in [0.2, 0.25) is 0 Å². The molecule has 2 fully saturated rings. The SMILES string of the molecule is COCC(C)CN=C1NC2CCCC2CS1. The molecular formula is C12H22N2OS. The molecule has 1 aliphatic carbocycles. The van der Waals surface area contributed by atoms with Gasteiger partial charge in [-0.05, 0) is 24.7 Å². The van der Waals surface area contributed by atoms with E-state index >= 15 is 0 Å². The fraction of sp³-hybridized carbons (Fsp3) is 0.917. The van der Waals surface area contributed by atoms with Crippen LogP contribution in [-0.2, 0) is 4.74 Å². The van der Waals surface area contributed by atoms with Gasteiger partial charge in [-0.2, -0.15) is 0 Å². The lowest BCUT2D eigenvalue weighted by atomic mass is 10.1. The molecule has 3 unspecified atom stereocenters. The molecule has 1 heterocycles. The second kappa shape index (κ2) is 5.92. The van der Waals surface area contributed by atoms with Crippen molar-refractivity contribution in [3.8, 4) is 0 Å². The number of amidine groups is 1. The molecule has 3 atom stereocenters. The van der Waals surface area contributed by atoms with Crippen molar-refractivity contribution in [2.75, 3.05) is 26.0 Å². The Morgan fingerprint density at radius 1 is 1.56 bits per heavy atom. The zero-order valence-corrected chi connectivity index (χ0v) is 11.1. The van der Waals surface area contributed by atoms with Crippen molar-refractivity contribution >= 4 is 16.9 Å². The van der Waals surface area contributed by atoms with Crippen LogP contribution in [0.5, 0.6) is 0 Å². The molecule has 1 aliphatic heterocycles. The molecule has 0 aromatic heterocycles. The molecule has 1 N–H and O–H groups in total. The van der Waals surface area contributed by atoms with Crippen LogP contribution in [0.15, 0.2) is 4.99 Å². The van der Waals surface area contributed by atoms with E-state index in [9.17, 15) is 0 Å². The summed E-state index contributed by atoms with van der Waals surface area (Å²) >= 11 is 1.90. The van der Waals surface area contributed by atoms with Crippen molar-refractivity contribution in [2.45, 2.75) is 32.2 Å². The summed E-state index contributed by atoms with van der Waals surface area (Å²) in [6.45, 7) is 3.85. The Morgan fingerprint density at radius 3 is 3.25 bits per heavy atom. The molecule has 0 radical (unpaired) electrons. The predicted molar refractivity (Wildman–Crippen MR) is 70.1 cm³/mol. The maximum Gasteiger partial charge on any atom is 0.156 e. The number of fused-ring (bicyclic) bond motifs is 1. The van der Waals surface area contributed by atoms with Crippen LogP contribution in [0.1, 0.15) is 26.2 Å². The van der Waals surface area contributed by atoms with Gasteiger partial charge in [0.05, 0.1) is 6.61 Å². The normalized spacial score (nSPS) is 33.5. The number of hydrogen-bond donors (Lipinski definition) is 1. The summed E-state index contributed by atoms with van der Waals surface area (Å²) in [6, 6.07) is 0.706. The Hall–Kier alpha value is -0.220. The minimum atomic E-state index is 0.515. The Kier molecular flexibility index (Phi) is 4.53. The minimum absolute atomic E-state index is 0.515.